The monoisotopic (exact) mass is 254 g/mol. The molecule has 2 fully saturated rings. The maximum absolute atomic E-state index is 12.0. The third-order valence-electron chi connectivity index (χ3n) is 3.35. The molecular weight excluding hydrogens is 236 g/mol. The van der Waals surface area contributed by atoms with E-state index >= 15 is 0 Å². The van der Waals surface area contributed by atoms with Crippen molar-refractivity contribution in [2.45, 2.75) is 25.7 Å². The van der Waals surface area contributed by atoms with Crippen LogP contribution in [0.3, 0.4) is 0 Å². The Balaban J connectivity index is 1.89. The van der Waals surface area contributed by atoms with E-state index in [1.165, 1.54) is 9.80 Å². The van der Waals surface area contributed by atoms with Crippen molar-refractivity contribution in [2.75, 3.05) is 26.2 Å². The van der Waals surface area contributed by atoms with Gasteiger partial charge in [-0.25, -0.2) is 0 Å². The van der Waals surface area contributed by atoms with Crippen LogP contribution in [0.1, 0.15) is 25.7 Å². The molecule has 2 amide bonds. The van der Waals surface area contributed by atoms with Crippen LogP contribution >= 0.6 is 0 Å². The van der Waals surface area contributed by atoms with Crippen molar-refractivity contribution in [3.63, 3.8) is 0 Å². The Morgan fingerprint density at radius 1 is 1.39 bits per heavy atom. The van der Waals surface area contributed by atoms with Crippen molar-refractivity contribution in [3.8, 4) is 0 Å². The second-order valence-corrected chi connectivity index (χ2v) is 5.03. The highest BCUT2D eigenvalue weighted by molar-refractivity contribution is 5.87. The predicted octanol–water partition coefficient (Wildman–Crippen LogP) is -0.0680. The SMILES string of the molecule is O=C(O)CN(CC1CC1)C(=O)CN1CCCC1=O. The van der Waals surface area contributed by atoms with E-state index < -0.39 is 5.97 Å². The van der Waals surface area contributed by atoms with Crippen molar-refractivity contribution in [2.24, 2.45) is 5.92 Å². The van der Waals surface area contributed by atoms with Gasteiger partial charge in [0.05, 0.1) is 6.54 Å². The van der Waals surface area contributed by atoms with Gasteiger partial charge in [0.2, 0.25) is 11.8 Å². The Kier molecular flexibility index (Phi) is 3.84. The highest BCUT2D eigenvalue weighted by Crippen LogP contribution is 2.29. The smallest absolute Gasteiger partial charge is 0.323 e. The van der Waals surface area contributed by atoms with E-state index in [-0.39, 0.29) is 24.9 Å². The van der Waals surface area contributed by atoms with E-state index in [0.717, 1.165) is 19.3 Å². The highest BCUT2D eigenvalue weighted by atomic mass is 16.4. The van der Waals surface area contributed by atoms with Crippen LogP contribution < -0.4 is 0 Å². The first kappa shape index (κ1) is 12.9. The molecule has 6 nitrogen and oxygen atoms in total. The first-order valence-electron chi connectivity index (χ1n) is 6.33. The molecule has 0 aromatic rings. The van der Waals surface area contributed by atoms with Crippen LogP contribution in [0.25, 0.3) is 0 Å². The van der Waals surface area contributed by atoms with E-state index in [1.54, 1.807) is 0 Å². The molecule has 2 aliphatic rings. The maximum atomic E-state index is 12.0. The number of hydrogen-bond donors (Lipinski definition) is 1. The van der Waals surface area contributed by atoms with E-state index in [1.807, 2.05) is 0 Å². The van der Waals surface area contributed by atoms with Crippen LogP contribution in [0.4, 0.5) is 0 Å². The zero-order valence-electron chi connectivity index (χ0n) is 10.3. The zero-order chi connectivity index (χ0) is 13.1. The lowest BCUT2D eigenvalue weighted by Gasteiger charge is -2.23. The fourth-order valence-electron chi connectivity index (χ4n) is 2.16. The van der Waals surface area contributed by atoms with Gasteiger partial charge in [-0.1, -0.05) is 0 Å². The summed E-state index contributed by atoms with van der Waals surface area (Å²) in [7, 11) is 0. The molecular formula is C12H18N2O4. The first-order chi connectivity index (χ1) is 8.56. The van der Waals surface area contributed by atoms with E-state index in [9.17, 15) is 14.4 Å². The van der Waals surface area contributed by atoms with Gasteiger partial charge in [0, 0.05) is 19.5 Å². The summed E-state index contributed by atoms with van der Waals surface area (Å²) in [6.07, 6.45) is 3.40. The van der Waals surface area contributed by atoms with Gasteiger partial charge in [-0.05, 0) is 25.2 Å². The van der Waals surface area contributed by atoms with Gasteiger partial charge < -0.3 is 14.9 Å². The molecule has 0 bridgehead atoms. The topological polar surface area (TPSA) is 77.9 Å². The molecule has 0 atom stereocenters. The highest BCUT2D eigenvalue weighted by Gasteiger charge is 2.30. The molecule has 0 radical (unpaired) electrons. The van der Waals surface area contributed by atoms with Crippen LogP contribution in [0.2, 0.25) is 0 Å². The fraction of sp³-hybridized carbons (Fsp3) is 0.750. The fourth-order valence-corrected chi connectivity index (χ4v) is 2.16. The molecule has 100 valence electrons. The Labute approximate surface area is 106 Å². The number of nitrogens with zero attached hydrogens (tertiary/aromatic N) is 2. The standard InChI is InChI=1S/C12H18N2O4/c15-10-2-1-5-13(10)7-11(16)14(8-12(17)18)6-9-3-4-9/h9H,1-8H2,(H,17,18). The minimum atomic E-state index is -1.00. The van der Waals surface area contributed by atoms with Crippen LogP contribution in [-0.4, -0.2) is 58.9 Å². The molecule has 1 saturated carbocycles. The molecule has 0 aromatic heterocycles. The molecule has 1 aliphatic carbocycles. The minimum absolute atomic E-state index is 0.00922. The Hall–Kier alpha value is -1.59. The summed E-state index contributed by atoms with van der Waals surface area (Å²) < 4.78 is 0. The molecule has 0 unspecified atom stereocenters. The largest absolute Gasteiger partial charge is 0.480 e. The number of aliphatic carboxylic acids is 1. The summed E-state index contributed by atoms with van der Waals surface area (Å²) in [5.41, 5.74) is 0. The van der Waals surface area contributed by atoms with E-state index in [0.29, 0.717) is 25.4 Å². The quantitative estimate of drug-likeness (QED) is 0.720. The third kappa shape index (κ3) is 3.45. The van der Waals surface area contributed by atoms with Gasteiger partial charge in [-0.2, -0.15) is 0 Å². The van der Waals surface area contributed by atoms with Gasteiger partial charge in [0.1, 0.15) is 6.54 Å². The molecule has 6 heteroatoms. The Morgan fingerprint density at radius 2 is 2.11 bits per heavy atom. The predicted molar refractivity (Wildman–Crippen MR) is 62.8 cm³/mol. The molecule has 0 spiro atoms. The molecule has 18 heavy (non-hydrogen) atoms. The summed E-state index contributed by atoms with van der Waals surface area (Å²) in [4.78, 5) is 37.1. The van der Waals surface area contributed by atoms with Crippen molar-refractivity contribution < 1.29 is 19.5 Å². The molecule has 1 N–H and O–H groups in total. The lowest BCUT2D eigenvalue weighted by atomic mass is 10.3. The third-order valence-corrected chi connectivity index (χ3v) is 3.35. The lowest BCUT2D eigenvalue weighted by molar-refractivity contribution is -0.146. The van der Waals surface area contributed by atoms with E-state index in [4.69, 9.17) is 5.11 Å². The molecule has 1 saturated heterocycles. The number of carbonyl (C=O) groups excluding carboxylic acids is 2. The van der Waals surface area contributed by atoms with Crippen LogP contribution in [0, 0.1) is 5.92 Å². The summed E-state index contributed by atoms with van der Waals surface area (Å²) in [6, 6.07) is 0. The van der Waals surface area contributed by atoms with Crippen molar-refractivity contribution in [1.29, 1.82) is 0 Å². The van der Waals surface area contributed by atoms with Crippen molar-refractivity contribution in [1.82, 2.24) is 9.80 Å². The van der Waals surface area contributed by atoms with Crippen LogP contribution in [-0.2, 0) is 14.4 Å². The summed E-state index contributed by atoms with van der Waals surface area (Å²) in [5, 5.41) is 8.80. The summed E-state index contributed by atoms with van der Waals surface area (Å²) in [5.74, 6) is -0.816. The molecule has 0 aromatic carbocycles. The van der Waals surface area contributed by atoms with Crippen LogP contribution in [0.15, 0.2) is 0 Å². The van der Waals surface area contributed by atoms with Gasteiger partial charge in [-0.3, -0.25) is 14.4 Å². The van der Waals surface area contributed by atoms with Crippen LogP contribution in [0.5, 0.6) is 0 Å². The number of likely N-dealkylation sites (tertiary alicyclic amines) is 1. The molecule has 1 heterocycles. The normalized spacial score (nSPS) is 19.1. The first-order valence-corrected chi connectivity index (χ1v) is 6.33. The second kappa shape index (κ2) is 5.37. The molecule has 1 aliphatic heterocycles. The number of amides is 2. The number of rotatable bonds is 6. The Morgan fingerprint density at radius 3 is 2.61 bits per heavy atom. The Bertz CT molecular complexity index is 365. The second-order valence-electron chi connectivity index (χ2n) is 5.03. The van der Waals surface area contributed by atoms with Crippen molar-refractivity contribution in [3.05, 3.63) is 0 Å². The average Bonchev–Trinajstić information content (AvgIpc) is 3.02. The number of hydrogen-bond acceptors (Lipinski definition) is 3. The lowest BCUT2D eigenvalue weighted by Crippen LogP contribution is -2.44. The molecule has 2 rings (SSSR count). The van der Waals surface area contributed by atoms with Gasteiger partial charge in [0.25, 0.3) is 0 Å². The summed E-state index contributed by atoms with van der Waals surface area (Å²) >= 11 is 0. The average molecular weight is 254 g/mol. The number of carboxylic acids is 1. The van der Waals surface area contributed by atoms with Crippen molar-refractivity contribution >= 4 is 17.8 Å². The number of carbonyl (C=O) groups is 3. The number of carboxylic acid groups (broad SMARTS) is 1. The zero-order valence-corrected chi connectivity index (χ0v) is 10.3. The maximum Gasteiger partial charge on any atom is 0.323 e. The van der Waals surface area contributed by atoms with Gasteiger partial charge in [-0.15, -0.1) is 0 Å². The minimum Gasteiger partial charge on any atom is -0.480 e. The van der Waals surface area contributed by atoms with E-state index in [2.05, 4.69) is 0 Å². The van der Waals surface area contributed by atoms with Gasteiger partial charge in [0.15, 0.2) is 0 Å². The summed E-state index contributed by atoms with van der Waals surface area (Å²) in [6.45, 7) is 0.873. The van der Waals surface area contributed by atoms with Gasteiger partial charge >= 0.3 is 5.97 Å².